The maximum atomic E-state index is 10.4. The van der Waals surface area contributed by atoms with E-state index in [1.807, 2.05) is 0 Å². The van der Waals surface area contributed by atoms with Gasteiger partial charge in [-0.15, -0.1) is 0 Å². The first kappa shape index (κ1) is 10.9. The fraction of sp³-hybridized carbons (Fsp3) is 0.125. The molecule has 1 aromatic carbocycles. The van der Waals surface area contributed by atoms with Gasteiger partial charge in [0.1, 0.15) is 12.5 Å². The van der Waals surface area contributed by atoms with Crippen molar-refractivity contribution in [2.45, 2.75) is 6.61 Å². The van der Waals surface area contributed by atoms with Crippen LogP contribution in [0.25, 0.3) is 0 Å². The SMILES string of the molecule is [N]OC(=O)OCc1ccc([N+](=O)[O-])cc1. The monoisotopic (exact) mass is 210 g/mol. The van der Waals surface area contributed by atoms with Gasteiger partial charge in [-0.1, -0.05) is 0 Å². The zero-order valence-corrected chi connectivity index (χ0v) is 7.45. The topological polar surface area (TPSA) is 101 Å². The van der Waals surface area contributed by atoms with Crippen LogP contribution in [0.4, 0.5) is 10.5 Å². The van der Waals surface area contributed by atoms with Gasteiger partial charge < -0.3 is 4.74 Å². The molecule has 0 aliphatic heterocycles. The zero-order chi connectivity index (χ0) is 11.3. The van der Waals surface area contributed by atoms with Crippen molar-refractivity contribution < 1.29 is 19.3 Å². The molecular formula is C8H6N2O5. The summed E-state index contributed by atoms with van der Waals surface area (Å²) in [5, 5.41) is 10.3. The van der Waals surface area contributed by atoms with Crippen LogP contribution in [0.15, 0.2) is 24.3 Å². The molecule has 0 saturated heterocycles. The van der Waals surface area contributed by atoms with Crippen molar-refractivity contribution >= 4 is 11.8 Å². The molecule has 1 rings (SSSR count). The standard InChI is InChI=1S/C8H6N2O5/c9-15-8(11)14-5-6-1-3-7(4-2-6)10(12)13/h1-4H,5H2. The third-order valence-electron chi connectivity index (χ3n) is 1.58. The fourth-order valence-electron chi connectivity index (χ4n) is 0.883. The van der Waals surface area contributed by atoms with Gasteiger partial charge in [0.15, 0.2) is 0 Å². The number of benzene rings is 1. The van der Waals surface area contributed by atoms with Gasteiger partial charge in [-0.3, -0.25) is 15.0 Å². The summed E-state index contributed by atoms with van der Waals surface area (Å²) in [7, 11) is 0. The summed E-state index contributed by atoms with van der Waals surface area (Å²) in [5.74, 6) is 7.87. The Labute approximate surface area is 84.5 Å². The van der Waals surface area contributed by atoms with E-state index in [9.17, 15) is 14.9 Å². The van der Waals surface area contributed by atoms with Gasteiger partial charge in [-0.2, -0.15) is 0 Å². The molecule has 7 heteroatoms. The van der Waals surface area contributed by atoms with Crippen molar-refractivity contribution in [2.24, 2.45) is 0 Å². The molecule has 0 N–H and O–H groups in total. The minimum atomic E-state index is -1.23. The van der Waals surface area contributed by atoms with Crippen LogP contribution in [0.5, 0.6) is 0 Å². The van der Waals surface area contributed by atoms with Crippen LogP contribution >= 0.6 is 0 Å². The second-order valence-electron chi connectivity index (χ2n) is 2.55. The van der Waals surface area contributed by atoms with Crippen molar-refractivity contribution in [2.75, 3.05) is 0 Å². The highest BCUT2D eigenvalue weighted by Gasteiger charge is 2.06. The number of nitro benzene ring substituents is 1. The maximum absolute atomic E-state index is 10.4. The molecule has 0 aromatic heterocycles. The summed E-state index contributed by atoms with van der Waals surface area (Å²) in [6, 6.07) is 5.43. The Morgan fingerprint density at radius 2 is 2.00 bits per heavy atom. The van der Waals surface area contributed by atoms with E-state index in [-0.39, 0.29) is 12.3 Å². The average Bonchev–Trinajstić information content (AvgIpc) is 2.26. The molecule has 78 valence electrons. The molecule has 0 unspecified atom stereocenters. The van der Waals surface area contributed by atoms with E-state index in [1.54, 1.807) is 0 Å². The Hall–Kier alpha value is -2.15. The largest absolute Gasteiger partial charge is 0.530 e. The molecule has 1 aromatic rings. The van der Waals surface area contributed by atoms with Crippen LogP contribution in [0.1, 0.15) is 5.56 Å². The van der Waals surface area contributed by atoms with Crippen LogP contribution < -0.4 is 5.90 Å². The zero-order valence-electron chi connectivity index (χ0n) is 7.45. The lowest BCUT2D eigenvalue weighted by Gasteiger charge is -2.00. The molecule has 2 radical (unpaired) electrons. The lowest BCUT2D eigenvalue weighted by Crippen LogP contribution is -2.05. The summed E-state index contributed by atoms with van der Waals surface area (Å²) >= 11 is 0. The third kappa shape index (κ3) is 3.24. The van der Waals surface area contributed by atoms with Gasteiger partial charge in [0, 0.05) is 12.1 Å². The Bertz CT molecular complexity index is 362. The van der Waals surface area contributed by atoms with E-state index in [4.69, 9.17) is 5.90 Å². The number of carbonyl (C=O) groups excluding carboxylic acids is 1. The van der Waals surface area contributed by atoms with Gasteiger partial charge in [0.25, 0.3) is 5.69 Å². The Balaban J connectivity index is 2.57. The van der Waals surface area contributed by atoms with Crippen LogP contribution in [0, 0.1) is 10.1 Å². The highest BCUT2D eigenvalue weighted by Crippen LogP contribution is 2.12. The lowest BCUT2D eigenvalue weighted by molar-refractivity contribution is -0.384. The van der Waals surface area contributed by atoms with Gasteiger partial charge in [-0.05, 0) is 17.7 Å². The van der Waals surface area contributed by atoms with Crippen LogP contribution in [0.2, 0.25) is 0 Å². The van der Waals surface area contributed by atoms with Gasteiger partial charge in [0.2, 0.25) is 0 Å². The molecule has 0 aliphatic rings. The molecule has 15 heavy (non-hydrogen) atoms. The summed E-state index contributed by atoms with van der Waals surface area (Å²) in [5.41, 5.74) is 0.495. The second kappa shape index (κ2) is 4.91. The number of hydrogen-bond acceptors (Lipinski definition) is 5. The van der Waals surface area contributed by atoms with Gasteiger partial charge >= 0.3 is 6.16 Å². The normalized spacial score (nSPS) is 9.40. The van der Waals surface area contributed by atoms with E-state index in [1.165, 1.54) is 24.3 Å². The summed E-state index contributed by atoms with van der Waals surface area (Å²) in [6.45, 7) is -0.128. The second-order valence-corrected chi connectivity index (χ2v) is 2.55. The smallest absolute Gasteiger partial charge is 0.428 e. The number of nitrogens with zero attached hydrogens (tertiary/aromatic N) is 2. The van der Waals surface area contributed by atoms with Crippen molar-refractivity contribution in [3.05, 3.63) is 39.9 Å². The first-order chi connectivity index (χ1) is 7.13. The molecule has 0 saturated carbocycles. The highest BCUT2D eigenvalue weighted by atomic mass is 16.8. The maximum Gasteiger partial charge on any atom is 0.530 e. The van der Waals surface area contributed by atoms with E-state index >= 15 is 0 Å². The lowest BCUT2D eigenvalue weighted by atomic mass is 10.2. The Kier molecular flexibility index (Phi) is 3.58. The first-order valence-corrected chi connectivity index (χ1v) is 3.85. The minimum Gasteiger partial charge on any atom is -0.428 e. The molecule has 0 fully saturated rings. The summed E-state index contributed by atoms with van der Waals surface area (Å²) in [4.78, 5) is 23.4. The molecule has 0 bridgehead atoms. The van der Waals surface area contributed by atoms with Crippen molar-refractivity contribution in [1.29, 1.82) is 0 Å². The van der Waals surface area contributed by atoms with Crippen LogP contribution in [-0.2, 0) is 16.2 Å². The number of hydrogen-bond donors (Lipinski definition) is 0. The predicted molar refractivity (Wildman–Crippen MR) is 46.5 cm³/mol. The number of ether oxygens (including phenoxy) is 1. The van der Waals surface area contributed by atoms with Crippen molar-refractivity contribution in [3.63, 3.8) is 0 Å². The average molecular weight is 210 g/mol. The number of rotatable bonds is 3. The molecule has 0 amide bonds. The number of carbonyl (C=O) groups is 1. The fourth-order valence-corrected chi connectivity index (χ4v) is 0.883. The van der Waals surface area contributed by atoms with E-state index < -0.39 is 11.1 Å². The summed E-state index contributed by atoms with van der Waals surface area (Å²) in [6.07, 6.45) is -1.23. The highest BCUT2D eigenvalue weighted by molar-refractivity contribution is 5.59. The van der Waals surface area contributed by atoms with Crippen molar-refractivity contribution in [3.8, 4) is 0 Å². The molecule has 7 nitrogen and oxygen atoms in total. The molecule has 0 spiro atoms. The molecule has 0 aliphatic carbocycles. The predicted octanol–water partition coefficient (Wildman–Crippen LogP) is 1.23. The molecular weight excluding hydrogens is 204 g/mol. The molecule has 0 heterocycles. The Morgan fingerprint density at radius 1 is 1.40 bits per heavy atom. The molecule has 0 atom stereocenters. The van der Waals surface area contributed by atoms with Gasteiger partial charge in [-0.25, -0.2) is 4.79 Å². The van der Waals surface area contributed by atoms with E-state index in [0.717, 1.165) is 0 Å². The van der Waals surface area contributed by atoms with Crippen LogP contribution in [-0.4, -0.2) is 11.1 Å². The third-order valence-corrected chi connectivity index (χ3v) is 1.58. The number of nitro groups is 1. The first-order valence-electron chi connectivity index (χ1n) is 3.85. The van der Waals surface area contributed by atoms with Crippen LogP contribution in [0.3, 0.4) is 0 Å². The van der Waals surface area contributed by atoms with E-state index in [0.29, 0.717) is 5.56 Å². The minimum absolute atomic E-state index is 0.0523. The Morgan fingerprint density at radius 3 is 2.47 bits per heavy atom. The van der Waals surface area contributed by atoms with Gasteiger partial charge in [0.05, 0.1) is 4.92 Å². The summed E-state index contributed by atoms with van der Waals surface area (Å²) < 4.78 is 4.40. The number of non-ortho nitro benzene ring substituents is 1. The quantitative estimate of drug-likeness (QED) is 0.424. The van der Waals surface area contributed by atoms with E-state index in [2.05, 4.69) is 9.57 Å². The van der Waals surface area contributed by atoms with Crippen molar-refractivity contribution in [1.82, 2.24) is 5.90 Å².